The highest BCUT2D eigenvalue weighted by Crippen LogP contribution is 2.06. The van der Waals surface area contributed by atoms with Crippen LogP contribution in [0.5, 0.6) is 0 Å². The summed E-state index contributed by atoms with van der Waals surface area (Å²) in [4.78, 5) is 0. The number of benzene rings is 1. The van der Waals surface area contributed by atoms with Crippen LogP contribution in [0.2, 0.25) is 0 Å². The molecule has 0 aliphatic carbocycles. The van der Waals surface area contributed by atoms with Crippen LogP contribution in [0.3, 0.4) is 0 Å². The second kappa shape index (κ2) is 2.53. The van der Waals surface area contributed by atoms with Crippen LogP contribution < -0.4 is 5.23 Å². The van der Waals surface area contributed by atoms with E-state index in [0.717, 1.165) is 0 Å². The molecule has 9 heavy (non-hydrogen) atoms. The molecular formula is C6H5BFN. The zero-order valence-electron chi connectivity index (χ0n) is 4.76. The summed E-state index contributed by atoms with van der Waals surface area (Å²) in [6.45, 7) is 0. The van der Waals surface area contributed by atoms with Crippen molar-refractivity contribution in [3.05, 3.63) is 30.1 Å². The monoisotopic (exact) mass is 121 g/mol. The smallest absolute Gasteiger partial charge is 0.222 e. The molecule has 1 rings (SSSR count). The summed E-state index contributed by atoms with van der Waals surface area (Å²) in [5, 5.41) is 2.33. The molecule has 0 atom stereocenters. The van der Waals surface area contributed by atoms with Crippen LogP contribution in [0.1, 0.15) is 0 Å². The summed E-state index contributed by atoms with van der Waals surface area (Å²) in [7, 11) is 5.00. The molecule has 1 aromatic rings. The number of rotatable bonds is 1. The Balaban J connectivity index is 2.94. The van der Waals surface area contributed by atoms with E-state index in [4.69, 9.17) is 7.98 Å². The van der Waals surface area contributed by atoms with Gasteiger partial charge in [-0.05, 0) is 18.2 Å². The highest BCUT2D eigenvalue weighted by Gasteiger charge is 1.88. The zero-order chi connectivity index (χ0) is 6.69. The Morgan fingerprint density at radius 3 is 2.67 bits per heavy atom. The average Bonchev–Trinajstić information content (AvgIpc) is 1.88. The molecule has 3 heteroatoms. The summed E-state index contributed by atoms with van der Waals surface area (Å²) in [5.74, 6) is -0.287. The van der Waals surface area contributed by atoms with Gasteiger partial charge in [-0.2, -0.15) is 0 Å². The van der Waals surface area contributed by atoms with Gasteiger partial charge in [0.25, 0.3) is 0 Å². The summed E-state index contributed by atoms with van der Waals surface area (Å²) in [5.41, 5.74) is 0.579. The van der Waals surface area contributed by atoms with Gasteiger partial charge >= 0.3 is 0 Å². The Morgan fingerprint density at radius 1 is 1.44 bits per heavy atom. The number of halogens is 1. The zero-order valence-corrected chi connectivity index (χ0v) is 4.76. The van der Waals surface area contributed by atoms with Crippen molar-refractivity contribution in [1.82, 2.24) is 0 Å². The standard InChI is InChI=1S/C6H5BFN/c7-9-6-3-1-2-5(8)4-6/h1-4,9H. The second-order valence-electron chi connectivity index (χ2n) is 1.65. The average molecular weight is 121 g/mol. The molecule has 0 saturated heterocycles. The van der Waals surface area contributed by atoms with E-state index in [1.165, 1.54) is 12.1 Å². The third-order valence-electron chi connectivity index (χ3n) is 0.991. The molecule has 0 bridgehead atoms. The van der Waals surface area contributed by atoms with Gasteiger partial charge in [-0.15, -0.1) is 0 Å². The van der Waals surface area contributed by atoms with Crippen molar-refractivity contribution in [2.75, 3.05) is 5.23 Å². The third-order valence-corrected chi connectivity index (χ3v) is 0.991. The highest BCUT2D eigenvalue weighted by molar-refractivity contribution is 6.15. The Hall–Kier alpha value is -0.985. The van der Waals surface area contributed by atoms with Gasteiger partial charge in [0.15, 0.2) is 0 Å². The number of hydrogen-bond donors (Lipinski definition) is 1. The summed E-state index contributed by atoms with van der Waals surface area (Å²) in [6, 6.07) is 5.95. The van der Waals surface area contributed by atoms with Crippen molar-refractivity contribution in [2.45, 2.75) is 0 Å². The lowest BCUT2D eigenvalue weighted by atomic mass is 10.2. The van der Waals surface area contributed by atoms with Gasteiger partial charge in [-0.25, -0.2) is 4.39 Å². The molecule has 0 fully saturated rings. The maximum Gasteiger partial charge on any atom is 0.222 e. The SMILES string of the molecule is [B]Nc1cccc(F)c1. The van der Waals surface area contributed by atoms with Crippen LogP contribution >= 0.6 is 0 Å². The first-order valence-corrected chi connectivity index (χ1v) is 2.55. The fourth-order valence-electron chi connectivity index (χ4n) is 0.578. The maximum absolute atomic E-state index is 12.3. The normalized spacial score (nSPS) is 9.00. The van der Waals surface area contributed by atoms with Crippen LogP contribution in [-0.4, -0.2) is 7.98 Å². The van der Waals surface area contributed by atoms with Gasteiger partial charge in [0.2, 0.25) is 7.98 Å². The second-order valence-corrected chi connectivity index (χ2v) is 1.65. The Labute approximate surface area is 54.3 Å². The van der Waals surface area contributed by atoms with Crippen molar-refractivity contribution in [1.29, 1.82) is 0 Å². The lowest BCUT2D eigenvalue weighted by Crippen LogP contribution is -1.89. The van der Waals surface area contributed by atoms with Crippen LogP contribution in [0.15, 0.2) is 24.3 Å². The molecule has 2 radical (unpaired) electrons. The van der Waals surface area contributed by atoms with Gasteiger partial charge in [-0.3, -0.25) is 0 Å². The van der Waals surface area contributed by atoms with Gasteiger partial charge in [0.05, 0.1) is 0 Å². The lowest BCUT2D eigenvalue weighted by molar-refractivity contribution is 0.628. The predicted octanol–water partition coefficient (Wildman–Crippen LogP) is 1.32. The first-order chi connectivity index (χ1) is 4.33. The minimum Gasteiger partial charge on any atom is -0.437 e. The molecule has 0 aromatic heterocycles. The highest BCUT2D eigenvalue weighted by atomic mass is 19.1. The van der Waals surface area contributed by atoms with Crippen molar-refractivity contribution in [2.24, 2.45) is 0 Å². The molecule has 0 saturated carbocycles. The van der Waals surface area contributed by atoms with E-state index in [1.807, 2.05) is 0 Å². The van der Waals surface area contributed by atoms with E-state index in [2.05, 4.69) is 5.23 Å². The molecule has 0 aliphatic rings. The minimum absolute atomic E-state index is 0.287. The maximum atomic E-state index is 12.3. The van der Waals surface area contributed by atoms with Gasteiger partial charge < -0.3 is 5.23 Å². The number of nitrogens with one attached hydrogen (secondary N) is 1. The first-order valence-electron chi connectivity index (χ1n) is 2.55. The van der Waals surface area contributed by atoms with Crippen molar-refractivity contribution >= 4 is 13.7 Å². The summed E-state index contributed by atoms with van der Waals surface area (Å²) in [6.07, 6.45) is 0. The molecule has 0 unspecified atom stereocenters. The summed E-state index contributed by atoms with van der Waals surface area (Å²) >= 11 is 0. The predicted molar refractivity (Wildman–Crippen MR) is 35.8 cm³/mol. The van der Waals surface area contributed by atoms with Crippen LogP contribution in [0.25, 0.3) is 0 Å². The van der Waals surface area contributed by atoms with Gasteiger partial charge in [0, 0.05) is 5.69 Å². The number of hydrogen-bond acceptors (Lipinski definition) is 1. The van der Waals surface area contributed by atoms with E-state index in [1.54, 1.807) is 12.1 Å². The Bertz CT molecular complexity index is 202. The minimum atomic E-state index is -0.287. The molecule has 0 spiro atoms. The molecule has 1 N–H and O–H groups in total. The van der Waals surface area contributed by atoms with Gasteiger partial charge in [-0.1, -0.05) is 6.07 Å². The molecule has 1 aromatic carbocycles. The van der Waals surface area contributed by atoms with Crippen molar-refractivity contribution in [3.8, 4) is 0 Å². The first kappa shape index (κ1) is 6.14. The fourth-order valence-corrected chi connectivity index (χ4v) is 0.578. The topological polar surface area (TPSA) is 12.0 Å². The lowest BCUT2D eigenvalue weighted by Gasteiger charge is -1.96. The van der Waals surface area contributed by atoms with Crippen LogP contribution in [-0.2, 0) is 0 Å². The largest absolute Gasteiger partial charge is 0.437 e. The number of anilines is 1. The molecule has 0 heterocycles. The fraction of sp³-hybridized carbons (Fsp3) is 0. The Morgan fingerprint density at radius 2 is 2.22 bits per heavy atom. The van der Waals surface area contributed by atoms with E-state index in [-0.39, 0.29) is 5.82 Å². The van der Waals surface area contributed by atoms with Gasteiger partial charge in [0.1, 0.15) is 5.82 Å². The molecule has 0 amide bonds. The van der Waals surface area contributed by atoms with E-state index in [0.29, 0.717) is 5.69 Å². The van der Waals surface area contributed by atoms with Crippen molar-refractivity contribution < 1.29 is 4.39 Å². The van der Waals surface area contributed by atoms with E-state index < -0.39 is 0 Å². The summed E-state index contributed by atoms with van der Waals surface area (Å²) < 4.78 is 12.3. The molecular weight excluding hydrogens is 116 g/mol. The molecule has 0 aliphatic heterocycles. The Kier molecular flexibility index (Phi) is 1.73. The van der Waals surface area contributed by atoms with E-state index in [9.17, 15) is 4.39 Å². The van der Waals surface area contributed by atoms with Crippen LogP contribution in [0.4, 0.5) is 10.1 Å². The van der Waals surface area contributed by atoms with Crippen molar-refractivity contribution in [3.63, 3.8) is 0 Å². The molecule has 44 valence electrons. The third kappa shape index (κ3) is 1.45. The molecule has 1 nitrogen and oxygen atoms in total. The quantitative estimate of drug-likeness (QED) is 0.552. The van der Waals surface area contributed by atoms with E-state index >= 15 is 0 Å². The van der Waals surface area contributed by atoms with Crippen LogP contribution in [0, 0.1) is 5.82 Å².